The van der Waals surface area contributed by atoms with Gasteiger partial charge in [-0.15, -0.1) is 0 Å². The van der Waals surface area contributed by atoms with Crippen molar-refractivity contribution in [3.8, 4) is 0 Å². The summed E-state index contributed by atoms with van der Waals surface area (Å²) in [5, 5.41) is 0.132. The molecule has 1 aromatic carbocycles. The second kappa shape index (κ2) is 6.48. The first-order chi connectivity index (χ1) is 8.68. The standard InChI is InChI=1S/C15H23NOS/c1-12-8-10-13(11-9-12)18(17)15-7-5-3-2-4-6-14(15)16/h8-11,14-15H,2-7,16H2,1H3. The van der Waals surface area contributed by atoms with Crippen LogP contribution >= 0.6 is 0 Å². The Bertz CT molecular complexity index is 401. The lowest BCUT2D eigenvalue weighted by atomic mass is 9.97. The smallest absolute Gasteiger partial charge is 0.0576 e. The van der Waals surface area contributed by atoms with Crippen molar-refractivity contribution in [1.82, 2.24) is 0 Å². The van der Waals surface area contributed by atoms with Crippen LogP contribution in [-0.4, -0.2) is 15.5 Å². The first kappa shape index (κ1) is 13.8. The molecule has 0 saturated heterocycles. The third-order valence-electron chi connectivity index (χ3n) is 3.78. The highest BCUT2D eigenvalue weighted by molar-refractivity contribution is 7.85. The van der Waals surface area contributed by atoms with Gasteiger partial charge >= 0.3 is 0 Å². The molecule has 0 radical (unpaired) electrons. The van der Waals surface area contributed by atoms with Gasteiger partial charge in [-0.1, -0.05) is 43.4 Å². The summed E-state index contributed by atoms with van der Waals surface area (Å²) in [6.45, 7) is 2.05. The van der Waals surface area contributed by atoms with Gasteiger partial charge in [-0.05, 0) is 31.9 Å². The molecule has 2 N–H and O–H groups in total. The Balaban J connectivity index is 2.12. The maximum atomic E-state index is 12.6. The zero-order valence-electron chi connectivity index (χ0n) is 11.1. The second-order valence-electron chi connectivity index (χ2n) is 5.30. The van der Waals surface area contributed by atoms with Crippen LogP contribution in [0.2, 0.25) is 0 Å². The van der Waals surface area contributed by atoms with E-state index in [2.05, 4.69) is 0 Å². The van der Waals surface area contributed by atoms with E-state index in [0.717, 1.165) is 24.2 Å². The second-order valence-corrected chi connectivity index (χ2v) is 6.98. The van der Waals surface area contributed by atoms with E-state index in [0.29, 0.717) is 0 Å². The van der Waals surface area contributed by atoms with Gasteiger partial charge in [0, 0.05) is 10.9 Å². The van der Waals surface area contributed by atoms with Crippen LogP contribution in [0.25, 0.3) is 0 Å². The molecule has 0 heterocycles. The topological polar surface area (TPSA) is 43.1 Å². The molecule has 0 bridgehead atoms. The largest absolute Gasteiger partial charge is 0.327 e. The maximum Gasteiger partial charge on any atom is 0.0576 e. The molecule has 0 amide bonds. The molecule has 18 heavy (non-hydrogen) atoms. The number of benzene rings is 1. The van der Waals surface area contributed by atoms with E-state index < -0.39 is 10.8 Å². The molecular weight excluding hydrogens is 242 g/mol. The van der Waals surface area contributed by atoms with Crippen LogP contribution in [0.1, 0.15) is 44.1 Å². The summed E-state index contributed by atoms with van der Waals surface area (Å²) in [6.07, 6.45) is 6.90. The van der Waals surface area contributed by atoms with Gasteiger partial charge in [-0.3, -0.25) is 4.21 Å². The molecule has 3 atom stereocenters. The van der Waals surface area contributed by atoms with Crippen LogP contribution < -0.4 is 5.73 Å². The molecule has 3 unspecified atom stereocenters. The number of hydrogen-bond acceptors (Lipinski definition) is 2. The van der Waals surface area contributed by atoms with E-state index in [1.165, 1.54) is 24.8 Å². The third kappa shape index (κ3) is 3.42. The van der Waals surface area contributed by atoms with Crippen LogP contribution in [0.4, 0.5) is 0 Å². The molecule has 1 aliphatic carbocycles. The van der Waals surface area contributed by atoms with E-state index in [-0.39, 0.29) is 11.3 Å². The van der Waals surface area contributed by atoms with E-state index >= 15 is 0 Å². The lowest BCUT2D eigenvalue weighted by molar-refractivity contribution is 0.456. The average Bonchev–Trinajstić information content (AvgIpc) is 2.35. The minimum atomic E-state index is -0.952. The molecule has 0 aromatic heterocycles. The number of hydrogen-bond donors (Lipinski definition) is 1. The highest BCUT2D eigenvalue weighted by Gasteiger charge is 2.25. The summed E-state index contributed by atoms with van der Waals surface area (Å²) in [5.41, 5.74) is 7.43. The highest BCUT2D eigenvalue weighted by Crippen LogP contribution is 2.24. The van der Waals surface area contributed by atoms with E-state index in [1.807, 2.05) is 31.2 Å². The van der Waals surface area contributed by atoms with E-state index in [4.69, 9.17) is 5.73 Å². The number of rotatable bonds is 2. The lowest BCUT2D eigenvalue weighted by Gasteiger charge is -2.25. The van der Waals surface area contributed by atoms with Crippen LogP contribution in [0, 0.1) is 6.92 Å². The normalized spacial score (nSPS) is 27.2. The zero-order chi connectivity index (χ0) is 13.0. The Morgan fingerprint density at radius 2 is 1.67 bits per heavy atom. The van der Waals surface area contributed by atoms with Gasteiger partial charge in [-0.25, -0.2) is 0 Å². The third-order valence-corrected chi connectivity index (χ3v) is 5.65. The Labute approximate surface area is 112 Å². The lowest BCUT2D eigenvalue weighted by Crippen LogP contribution is -2.38. The van der Waals surface area contributed by atoms with Gasteiger partial charge in [0.05, 0.1) is 16.0 Å². The molecule has 2 rings (SSSR count). The van der Waals surface area contributed by atoms with Crippen molar-refractivity contribution in [2.45, 2.75) is 61.6 Å². The summed E-state index contributed by atoms with van der Waals surface area (Å²) in [5.74, 6) is 0. The Hall–Kier alpha value is -0.670. The quantitative estimate of drug-likeness (QED) is 0.892. The first-order valence-electron chi connectivity index (χ1n) is 6.91. The van der Waals surface area contributed by atoms with Crippen LogP contribution in [0.5, 0.6) is 0 Å². The van der Waals surface area contributed by atoms with Crippen molar-refractivity contribution in [2.24, 2.45) is 5.73 Å². The van der Waals surface area contributed by atoms with Gasteiger partial charge in [0.2, 0.25) is 0 Å². The highest BCUT2D eigenvalue weighted by atomic mass is 32.2. The summed E-state index contributed by atoms with van der Waals surface area (Å²) in [7, 11) is -0.952. The molecule has 100 valence electrons. The molecule has 1 aliphatic rings. The fourth-order valence-corrected chi connectivity index (χ4v) is 4.18. The summed E-state index contributed by atoms with van der Waals surface area (Å²) in [4.78, 5) is 0.932. The van der Waals surface area contributed by atoms with Crippen molar-refractivity contribution < 1.29 is 4.21 Å². The predicted molar refractivity (Wildman–Crippen MR) is 77.1 cm³/mol. The molecule has 3 heteroatoms. The SMILES string of the molecule is Cc1ccc(S(=O)C2CCCCCCC2N)cc1. The molecule has 1 fully saturated rings. The fraction of sp³-hybridized carbons (Fsp3) is 0.600. The first-order valence-corrected chi connectivity index (χ1v) is 8.12. The van der Waals surface area contributed by atoms with Crippen LogP contribution in [0.15, 0.2) is 29.2 Å². The molecule has 2 nitrogen and oxygen atoms in total. The van der Waals surface area contributed by atoms with Crippen LogP contribution in [-0.2, 0) is 10.8 Å². The number of aryl methyl sites for hydroxylation is 1. The van der Waals surface area contributed by atoms with Gasteiger partial charge in [0.15, 0.2) is 0 Å². The Morgan fingerprint density at radius 3 is 2.33 bits per heavy atom. The van der Waals surface area contributed by atoms with Gasteiger partial charge in [0.25, 0.3) is 0 Å². The minimum absolute atomic E-state index is 0.0902. The minimum Gasteiger partial charge on any atom is -0.327 e. The van der Waals surface area contributed by atoms with Crippen molar-refractivity contribution >= 4 is 10.8 Å². The molecule has 0 spiro atoms. The Morgan fingerprint density at radius 1 is 1.06 bits per heavy atom. The summed E-state index contributed by atoms with van der Waals surface area (Å²) < 4.78 is 12.6. The van der Waals surface area contributed by atoms with E-state index in [1.54, 1.807) is 0 Å². The average molecular weight is 265 g/mol. The van der Waals surface area contributed by atoms with Crippen LogP contribution in [0.3, 0.4) is 0 Å². The predicted octanol–water partition coefficient (Wildman–Crippen LogP) is 3.15. The summed E-state index contributed by atoms with van der Waals surface area (Å²) in [6, 6.07) is 8.12. The molecular formula is C15H23NOS. The fourth-order valence-electron chi connectivity index (χ4n) is 2.59. The van der Waals surface area contributed by atoms with Gasteiger partial charge < -0.3 is 5.73 Å². The summed E-state index contributed by atoms with van der Waals surface area (Å²) >= 11 is 0. The molecule has 1 saturated carbocycles. The maximum absolute atomic E-state index is 12.6. The van der Waals surface area contributed by atoms with Crippen molar-refractivity contribution in [3.05, 3.63) is 29.8 Å². The number of nitrogens with two attached hydrogens (primary N) is 1. The van der Waals surface area contributed by atoms with Crippen molar-refractivity contribution in [1.29, 1.82) is 0 Å². The van der Waals surface area contributed by atoms with Crippen molar-refractivity contribution in [3.63, 3.8) is 0 Å². The van der Waals surface area contributed by atoms with E-state index in [9.17, 15) is 4.21 Å². The molecule has 0 aliphatic heterocycles. The molecule has 1 aromatic rings. The zero-order valence-corrected chi connectivity index (χ0v) is 11.9. The Kier molecular flexibility index (Phi) is 4.95. The van der Waals surface area contributed by atoms with Crippen molar-refractivity contribution in [2.75, 3.05) is 0 Å². The monoisotopic (exact) mass is 265 g/mol. The van der Waals surface area contributed by atoms with Gasteiger partial charge in [-0.2, -0.15) is 0 Å². The van der Waals surface area contributed by atoms with Gasteiger partial charge in [0.1, 0.15) is 0 Å².